The number of rotatable bonds is 4. The lowest BCUT2D eigenvalue weighted by molar-refractivity contribution is -0.120. The maximum Gasteiger partial charge on any atom is 0.264 e. The van der Waals surface area contributed by atoms with Gasteiger partial charge in [0.1, 0.15) is 5.75 Å². The molecule has 1 heterocycles. The highest BCUT2D eigenvalue weighted by Crippen LogP contribution is 2.33. The van der Waals surface area contributed by atoms with E-state index in [0.29, 0.717) is 5.92 Å². The predicted octanol–water partition coefficient (Wildman–Crippen LogP) is 1.85. The van der Waals surface area contributed by atoms with Crippen molar-refractivity contribution in [1.29, 1.82) is 0 Å². The summed E-state index contributed by atoms with van der Waals surface area (Å²) in [7, 11) is 1.76. The second-order valence-electron chi connectivity index (χ2n) is 5.43. The highest BCUT2D eigenvalue weighted by atomic mass is 16.5. The standard InChI is InChI=1S/C15H21NO3/c1-10(2)12(8-17)6-11-4-5-14-13(7-11)16(3)15(18)9-19-14/h4-5,7,10,12,17H,6,8-9H2,1-3H3. The first-order chi connectivity index (χ1) is 9.02. The second kappa shape index (κ2) is 5.61. The fraction of sp³-hybridized carbons (Fsp3) is 0.533. The van der Waals surface area contributed by atoms with Crippen LogP contribution in [0.15, 0.2) is 18.2 Å². The Morgan fingerprint density at radius 1 is 1.42 bits per heavy atom. The van der Waals surface area contributed by atoms with Crippen LogP contribution in [-0.2, 0) is 11.2 Å². The summed E-state index contributed by atoms with van der Waals surface area (Å²) in [5, 5.41) is 9.40. The summed E-state index contributed by atoms with van der Waals surface area (Å²) in [6.45, 7) is 4.50. The van der Waals surface area contributed by atoms with Crippen LogP contribution in [0.25, 0.3) is 0 Å². The number of carbonyl (C=O) groups excluding carboxylic acids is 1. The lowest BCUT2D eigenvalue weighted by atomic mass is 9.90. The minimum Gasteiger partial charge on any atom is -0.482 e. The highest BCUT2D eigenvalue weighted by molar-refractivity contribution is 5.97. The fourth-order valence-electron chi connectivity index (χ4n) is 2.26. The van der Waals surface area contributed by atoms with Crippen molar-refractivity contribution in [2.45, 2.75) is 20.3 Å². The molecule has 19 heavy (non-hydrogen) atoms. The number of ether oxygens (including phenoxy) is 1. The number of carbonyl (C=O) groups is 1. The number of anilines is 1. The van der Waals surface area contributed by atoms with Crippen LogP contribution < -0.4 is 9.64 Å². The summed E-state index contributed by atoms with van der Waals surface area (Å²) in [6, 6.07) is 5.90. The van der Waals surface area contributed by atoms with E-state index in [9.17, 15) is 9.90 Å². The molecule has 1 aromatic carbocycles. The van der Waals surface area contributed by atoms with Crippen molar-refractivity contribution in [2.24, 2.45) is 11.8 Å². The largest absolute Gasteiger partial charge is 0.482 e. The molecule has 1 aliphatic rings. The third kappa shape index (κ3) is 2.89. The number of fused-ring (bicyclic) bond motifs is 1. The molecule has 2 rings (SSSR count). The summed E-state index contributed by atoms with van der Waals surface area (Å²) >= 11 is 0. The van der Waals surface area contributed by atoms with Gasteiger partial charge in [0.2, 0.25) is 0 Å². The van der Waals surface area contributed by atoms with Crippen molar-refractivity contribution in [1.82, 2.24) is 0 Å². The maximum atomic E-state index is 11.6. The van der Waals surface area contributed by atoms with E-state index < -0.39 is 0 Å². The van der Waals surface area contributed by atoms with Crippen LogP contribution in [0, 0.1) is 11.8 Å². The van der Waals surface area contributed by atoms with Crippen LogP contribution >= 0.6 is 0 Å². The molecule has 4 nitrogen and oxygen atoms in total. The van der Waals surface area contributed by atoms with E-state index in [1.807, 2.05) is 18.2 Å². The van der Waals surface area contributed by atoms with E-state index in [1.54, 1.807) is 11.9 Å². The van der Waals surface area contributed by atoms with E-state index in [-0.39, 0.29) is 25.0 Å². The molecule has 0 radical (unpaired) electrons. The molecule has 1 N–H and O–H groups in total. The Balaban J connectivity index is 2.23. The van der Waals surface area contributed by atoms with Gasteiger partial charge in [0.05, 0.1) is 5.69 Å². The number of likely N-dealkylation sites (N-methyl/N-ethyl adjacent to an activating group) is 1. The van der Waals surface area contributed by atoms with E-state index in [0.717, 1.165) is 23.4 Å². The topological polar surface area (TPSA) is 49.8 Å². The minimum atomic E-state index is -0.0350. The molecule has 104 valence electrons. The third-order valence-electron chi connectivity index (χ3n) is 3.79. The van der Waals surface area contributed by atoms with Gasteiger partial charge >= 0.3 is 0 Å². The molecule has 0 aliphatic carbocycles. The van der Waals surface area contributed by atoms with Gasteiger partial charge in [-0.3, -0.25) is 4.79 Å². The van der Waals surface area contributed by atoms with Crippen LogP contribution in [0.3, 0.4) is 0 Å². The molecule has 0 saturated heterocycles. The van der Waals surface area contributed by atoms with Gasteiger partial charge < -0.3 is 14.7 Å². The number of hydrogen-bond acceptors (Lipinski definition) is 3. The Morgan fingerprint density at radius 2 is 2.16 bits per heavy atom. The molecule has 0 bridgehead atoms. The summed E-state index contributed by atoms with van der Waals surface area (Å²) in [6.07, 6.45) is 0.809. The molecule has 0 aromatic heterocycles. The maximum absolute atomic E-state index is 11.6. The monoisotopic (exact) mass is 263 g/mol. The molecule has 0 fully saturated rings. The molecule has 1 amide bonds. The van der Waals surface area contributed by atoms with Gasteiger partial charge in [-0.15, -0.1) is 0 Å². The Kier molecular flexibility index (Phi) is 4.10. The van der Waals surface area contributed by atoms with Gasteiger partial charge in [-0.25, -0.2) is 0 Å². The van der Waals surface area contributed by atoms with Crippen LogP contribution in [0.4, 0.5) is 5.69 Å². The summed E-state index contributed by atoms with van der Waals surface area (Å²) in [5.41, 5.74) is 1.94. The molecule has 1 unspecified atom stereocenters. The minimum absolute atomic E-state index is 0.0350. The quantitative estimate of drug-likeness (QED) is 0.902. The van der Waals surface area contributed by atoms with Gasteiger partial charge in [0, 0.05) is 13.7 Å². The van der Waals surface area contributed by atoms with Crippen LogP contribution in [0.5, 0.6) is 5.75 Å². The van der Waals surface area contributed by atoms with Crippen molar-refractivity contribution in [3.63, 3.8) is 0 Å². The molecule has 4 heteroatoms. The average molecular weight is 263 g/mol. The SMILES string of the molecule is CC(C)C(CO)Cc1ccc2c(c1)N(C)C(=O)CO2. The smallest absolute Gasteiger partial charge is 0.264 e. The first kappa shape index (κ1) is 13.9. The number of amides is 1. The summed E-state index contributed by atoms with van der Waals surface area (Å²) < 4.78 is 5.40. The normalized spacial score (nSPS) is 16.3. The van der Waals surface area contributed by atoms with Gasteiger partial charge in [-0.2, -0.15) is 0 Å². The van der Waals surface area contributed by atoms with E-state index in [2.05, 4.69) is 13.8 Å². The van der Waals surface area contributed by atoms with Crippen molar-refractivity contribution in [3.8, 4) is 5.75 Å². The lowest BCUT2D eigenvalue weighted by Crippen LogP contribution is -2.35. The number of hydrogen-bond donors (Lipinski definition) is 1. The third-order valence-corrected chi connectivity index (χ3v) is 3.79. The molecule has 1 atom stereocenters. The van der Waals surface area contributed by atoms with E-state index in [1.165, 1.54) is 0 Å². The second-order valence-corrected chi connectivity index (χ2v) is 5.43. The van der Waals surface area contributed by atoms with Crippen molar-refractivity contribution < 1.29 is 14.6 Å². The van der Waals surface area contributed by atoms with Gasteiger partial charge in [-0.05, 0) is 36.0 Å². The molecule has 0 spiro atoms. The van der Waals surface area contributed by atoms with Gasteiger partial charge in [0.25, 0.3) is 5.91 Å². The van der Waals surface area contributed by atoms with Gasteiger partial charge in [0.15, 0.2) is 6.61 Å². The fourth-order valence-corrected chi connectivity index (χ4v) is 2.26. The van der Waals surface area contributed by atoms with E-state index in [4.69, 9.17) is 4.74 Å². The number of aliphatic hydroxyl groups excluding tert-OH is 1. The van der Waals surface area contributed by atoms with Crippen molar-refractivity contribution >= 4 is 11.6 Å². The number of nitrogens with zero attached hydrogens (tertiary/aromatic N) is 1. The Labute approximate surface area is 114 Å². The molecular weight excluding hydrogens is 242 g/mol. The summed E-state index contributed by atoms with van der Waals surface area (Å²) in [5.74, 6) is 1.38. The highest BCUT2D eigenvalue weighted by Gasteiger charge is 2.23. The van der Waals surface area contributed by atoms with Gasteiger partial charge in [-0.1, -0.05) is 19.9 Å². The van der Waals surface area contributed by atoms with Crippen LogP contribution in [-0.4, -0.2) is 31.3 Å². The van der Waals surface area contributed by atoms with Crippen LogP contribution in [0.1, 0.15) is 19.4 Å². The Bertz CT molecular complexity index is 470. The Morgan fingerprint density at radius 3 is 2.79 bits per heavy atom. The predicted molar refractivity (Wildman–Crippen MR) is 74.5 cm³/mol. The zero-order valence-electron chi connectivity index (χ0n) is 11.7. The molecule has 1 aliphatic heterocycles. The number of benzene rings is 1. The Hall–Kier alpha value is -1.55. The zero-order chi connectivity index (χ0) is 14.0. The molecular formula is C15H21NO3. The van der Waals surface area contributed by atoms with E-state index >= 15 is 0 Å². The zero-order valence-corrected chi connectivity index (χ0v) is 11.7. The molecule has 0 saturated carbocycles. The number of aliphatic hydroxyl groups is 1. The summed E-state index contributed by atoms with van der Waals surface area (Å²) in [4.78, 5) is 13.2. The molecule has 1 aromatic rings. The van der Waals surface area contributed by atoms with Crippen molar-refractivity contribution in [2.75, 3.05) is 25.2 Å². The first-order valence-electron chi connectivity index (χ1n) is 6.66. The average Bonchev–Trinajstić information content (AvgIpc) is 2.40. The first-order valence-corrected chi connectivity index (χ1v) is 6.66. The van der Waals surface area contributed by atoms with Crippen LogP contribution in [0.2, 0.25) is 0 Å². The lowest BCUT2D eigenvalue weighted by Gasteiger charge is -2.27. The van der Waals surface area contributed by atoms with Crippen molar-refractivity contribution in [3.05, 3.63) is 23.8 Å².